The van der Waals surface area contributed by atoms with Crippen LogP contribution in [0.5, 0.6) is 0 Å². The maximum atomic E-state index is 9.01. The van der Waals surface area contributed by atoms with Crippen molar-refractivity contribution in [2.75, 3.05) is 0 Å². The first kappa shape index (κ1) is 8.45. The topological polar surface area (TPSA) is 65.4 Å². The molecule has 2 aromatic rings. The van der Waals surface area contributed by atoms with Crippen molar-refractivity contribution in [1.29, 1.82) is 5.26 Å². The zero-order valence-corrected chi connectivity index (χ0v) is 7.38. The normalized spacial score (nSPS) is 11.9. The molecule has 0 radical (unpaired) electrons. The molecule has 14 heavy (non-hydrogen) atoms. The smallest absolute Gasteiger partial charge is 0.130 e. The van der Waals surface area contributed by atoms with Crippen LogP contribution in [0.15, 0.2) is 36.7 Å². The van der Waals surface area contributed by atoms with Crippen molar-refractivity contribution >= 4 is 0 Å². The highest BCUT2D eigenvalue weighted by atomic mass is 15.1. The van der Waals surface area contributed by atoms with Crippen LogP contribution in [0.1, 0.15) is 17.3 Å². The van der Waals surface area contributed by atoms with Crippen molar-refractivity contribution in [1.82, 2.24) is 15.2 Å². The molecule has 1 unspecified atom stereocenters. The number of nitriles is 1. The molecule has 0 saturated carbocycles. The second-order valence-corrected chi connectivity index (χ2v) is 2.84. The van der Waals surface area contributed by atoms with Gasteiger partial charge in [0.15, 0.2) is 0 Å². The first-order chi connectivity index (χ1) is 6.92. The van der Waals surface area contributed by atoms with Crippen LogP contribution in [0.3, 0.4) is 0 Å². The standard InChI is InChI=1S/C10H8N4/c11-7-8(9-3-1-5-12-9)10-4-2-6-13-14-10/h1-6,8,12H. The Hall–Kier alpha value is -2.15. The van der Waals surface area contributed by atoms with Crippen LogP contribution in [-0.2, 0) is 0 Å². The molecule has 0 spiro atoms. The van der Waals surface area contributed by atoms with Crippen molar-refractivity contribution < 1.29 is 0 Å². The summed E-state index contributed by atoms with van der Waals surface area (Å²) in [5.41, 5.74) is 1.51. The van der Waals surface area contributed by atoms with Gasteiger partial charge in [0.1, 0.15) is 5.92 Å². The summed E-state index contributed by atoms with van der Waals surface area (Å²) in [6.45, 7) is 0. The van der Waals surface area contributed by atoms with Gasteiger partial charge in [-0.1, -0.05) is 0 Å². The molecule has 2 rings (SSSR count). The van der Waals surface area contributed by atoms with Crippen molar-refractivity contribution in [3.8, 4) is 6.07 Å². The van der Waals surface area contributed by atoms with Gasteiger partial charge < -0.3 is 4.98 Å². The van der Waals surface area contributed by atoms with E-state index in [0.717, 1.165) is 5.69 Å². The van der Waals surface area contributed by atoms with Crippen LogP contribution < -0.4 is 0 Å². The molecule has 0 amide bonds. The van der Waals surface area contributed by atoms with Crippen LogP contribution >= 0.6 is 0 Å². The lowest BCUT2D eigenvalue weighted by Gasteiger charge is -2.04. The van der Waals surface area contributed by atoms with Gasteiger partial charge in [-0.3, -0.25) is 0 Å². The summed E-state index contributed by atoms with van der Waals surface area (Å²) >= 11 is 0. The summed E-state index contributed by atoms with van der Waals surface area (Å²) in [7, 11) is 0. The van der Waals surface area contributed by atoms with Gasteiger partial charge in [0, 0.05) is 18.1 Å². The molecule has 68 valence electrons. The van der Waals surface area contributed by atoms with Gasteiger partial charge in [-0.2, -0.15) is 15.5 Å². The Balaban J connectivity index is 2.38. The number of H-pyrrole nitrogens is 1. The number of rotatable bonds is 2. The van der Waals surface area contributed by atoms with E-state index in [2.05, 4.69) is 21.3 Å². The molecule has 0 aliphatic heterocycles. The molecule has 0 aliphatic rings. The molecular formula is C10H8N4. The molecule has 0 bridgehead atoms. The van der Waals surface area contributed by atoms with Crippen molar-refractivity contribution in [2.24, 2.45) is 0 Å². The highest BCUT2D eigenvalue weighted by molar-refractivity contribution is 5.29. The van der Waals surface area contributed by atoms with E-state index in [0.29, 0.717) is 5.69 Å². The third-order valence-corrected chi connectivity index (χ3v) is 1.95. The lowest BCUT2D eigenvalue weighted by atomic mass is 10.0. The van der Waals surface area contributed by atoms with Crippen molar-refractivity contribution in [3.63, 3.8) is 0 Å². The lowest BCUT2D eigenvalue weighted by molar-refractivity contribution is 0.866. The molecule has 2 heterocycles. The van der Waals surface area contributed by atoms with Crippen LogP contribution in [0.2, 0.25) is 0 Å². The highest BCUT2D eigenvalue weighted by Crippen LogP contribution is 2.19. The molecule has 0 fully saturated rings. The minimum absolute atomic E-state index is 0.362. The highest BCUT2D eigenvalue weighted by Gasteiger charge is 2.15. The summed E-state index contributed by atoms with van der Waals surface area (Å²) < 4.78 is 0. The quantitative estimate of drug-likeness (QED) is 0.768. The zero-order valence-electron chi connectivity index (χ0n) is 7.38. The van der Waals surface area contributed by atoms with Gasteiger partial charge in [0.05, 0.1) is 11.8 Å². The summed E-state index contributed by atoms with van der Waals surface area (Å²) in [6, 6.07) is 9.47. The van der Waals surface area contributed by atoms with E-state index in [9.17, 15) is 0 Å². The fraction of sp³-hybridized carbons (Fsp3) is 0.100. The average molecular weight is 184 g/mol. The molecule has 1 N–H and O–H groups in total. The second kappa shape index (κ2) is 3.71. The van der Waals surface area contributed by atoms with E-state index in [1.165, 1.54) is 0 Å². The number of hydrogen-bond acceptors (Lipinski definition) is 3. The van der Waals surface area contributed by atoms with Crippen LogP contribution in [-0.4, -0.2) is 15.2 Å². The molecular weight excluding hydrogens is 176 g/mol. The number of nitrogens with one attached hydrogen (secondary N) is 1. The molecule has 4 heteroatoms. The molecule has 4 nitrogen and oxygen atoms in total. The number of nitrogens with zero attached hydrogens (tertiary/aromatic N) is 3. The van der Waals surface area contributed by atoms with Gasteiger partial charge in [-0.25, -0.2) is 0 Å². The Morgan fingerprint density at radius 3 is 2.86 bits per heavy atom. The molecule has 0 aromatic carbocycles. The Kier molecular flexibility index (Phi) is 2.24. The minimum atomic E-state index is -0.362. The summed E-state index contributed by atoms with van der Waals surface area (Å²) in [4.78, 5) is 3.00. The summed E-state index contributed by atoms with van der Waals surface area (Å²) in [5.74, 6) is -0.362. The SMILES string of the molecule is N#CC(c1cccnn1)c1ccc[nH]1. The van der Waals surface area contributed by atoms with E-state index < -0.39 is 0 Å². The maximum Gasteiger partial charge on any atom is 0.130 e. The fourth-order valence-electron chi connectivity index (χ4n) is 1.29. The fourth-order valence-corrected chi connectivity index (χ4v) is 1.29. The third kappa shape index (κ3) is 1.48. The minimum Gasteiger partial charge on any atom is -0.364 e. The van der Waals surface area contributed by atoms with E-state index >= 15 is 0 Å². The van der Waals surface area contributed by atoms with Crippen LogP contribution in [0.4, 0.5) is 0 Å². The molecule has 2 aromatic heterocycles. The average Bonchev–Trinajstić information content (AvgIpc) is 2.74. The van der Waals surface area contributed by atoms with Gasteiger partial charge in [-0.05, 0) is 24.3 Å². The zero-order chi connectivity index (χ0) is 9.80. The van der Waals surface area contributed by atoms with Gasteiger partial charge in [-0.15, -0.1) is 0 Å². The monoisotopic (exact) mass is 184 g/mol. The predicted octanol–water partition coefficient (Wildman–Crippen LogP) is 1.46. The Bertz CT molecular complexity index is 427. The Morgan fingerprint density at radius 2 is 2.29 bits per heavy atom. The molecule has 1 atom stereocenters. The van der Waals surface area contributed by atoms with Crippen LogP contribution in [0, 0.1) is 11.3 Å². The second-order valence-electron chi connectivity index (χ2n) is 2.84. The number of hydrogen-bond donors (Lipinski definition) is 1. The summed E-state index contributed by atoms with van der Waals surface area (Å²) in [5, 5.41) is 16.7. The van der Waals surface area contributed by atoms with Gasteiger partial charge >= 0.3 is 0 Å². The molecule has 0 saturated heterocycles. The van der Waals surface area contributed by atoms with Gasteiger partial charge in [0.2, 0.25) is 0 Å². The van der Waals surface area contributed by atoms with E-state index in [1.54, 1.807) is 24.5 Å². The predicted molar refractivity (Wildman–Crippen MR) is 50.3 cm³/mol. The molecule has 0 aliphatic carbocycles. The Morgan fingerprint density at radius 1 is 1.36 bits per heavy atom. The van der Waals surface area contributed by atoms with Gasteiger partial charge in [0.25, 0.3) is 0 Å². The first-order valence-corrected chi connectivity index (χ1v) is 4.22. The van der Waals surface area contributed by atoms with Crippen molar-refractivity contribution in [3.05, 3.63) is 48.0 Å². The van der Waals surface area contributed by atoms with Crippen LogP contribution in [0.25, 0.3) is 0 Å². The third-order valence-electron chi connectivity index (χ3n) is 1.95. The number of aromatic amines is 1. The van der Waals surface area contributed by atoms with E-state index in [4.69, 9.17) is 5.26 Å². The van der Waals surface area contributed by atoms with E-state index in [-0.39, 0.29) is 5.92 Å². The maximum absolute atomic E-state index is 9.01. The van der Waals surface area contributed by atoms with E-state index in [1.807, 2.05) is 12.1 Å². The number of aromatic nitrogens is 3. The lowest BCUT2D eigenvalue weighted by Crippen LogP contribution is -2.01. The first-order valence-electron chi connectivity index (χ1n) is 4.22. The Labute approximate surface area is 81.2 Å². The summed E-state index contributed by atoms with van der Waals surface area (Å²) in [6.07, 6.45) is 3.38. The van der Waals surface area contributed by atoms with Crippen molar-refractivity contribution in [2.45, 2.75) is 5.92 Å². The largest absolute Gasteiger partial charge is 0.364 e.